The highest BCUT2D eigenvalue weighted by Gasteiger charge is 2.24. The minimum Gasteiger partial charge on any atom is -0.337 e. The van der Waals surface area contributed by atoms with Crippen LogP contribution in [0.5, 0.6) is 0 Å². The second-order valence-electron chi connectivity index (χ2n) is 5.39. The number of piperidine rings is 1. The number of carbonyl (C=O) groups excluding carboxylic acids is 1. The van der Waals surface area contributed by atoms with Crippen molar-refractivity contribution in [2.75, 3.05) is 20.1 Å². The van der Waals surface area contributed by atoms with Gasteiger partial charge >= 0.3 is 0 Å². The number of benzene rings is 1. The van der Waals surface area contributed by atoms with Crippen LogP contribution in [0.15, 0.2) is 36.4 Å². The van der Waals surface area contributed by atoms with Gasteiger partial charge in [0, 0.05) is 24.7 Å². The molecule has 2 N–H and O–H groups in total. The van der Waals surface area contributed by atoms with Gasteiger partial charge in [0.1, 0.15) is 5.69 Å². The number of H-pyrrole nitrogens is 1. The molecule has 0 aliphatic carbocycles. The lowest BCUT2D eigenvalue weighted by Gasteiger charge is -2.31. The fourth-order valence-corrected chi connectivity index (χ4v) is 2.73. The van der Waals surface area contributed by atoms with E-state index >= 15 is 0 Å². The van der Waals surface area contributed by atoms with Crippen LogP contribution >= 0.6 is 0 Å². The van der Waals surface area contributed by atoms with Gasteiger partial charge in [-0.15, -0.1) is 0 Å². The highest BCUT2D eigenvalue weighted by Crippen LogP contribution is 2.19. The molecule has 0 bridgehead atoms. The number of hydrogen-bond donors (Lipinski definition) is 2. The molecule has 21 heavy (non-hydrogen) atoms. The molecule has 3 rings (SSSR count). The zero-order valence-corrected chi connectivity index (χ0v) is 12.2. The predicted octanol–water partition coefficient (Wildman–Crippen LogP) is 1.90. The van der Waals surface area contributed by atoms with Crippen molar-refractivity contribution < 1.29 is 4.79 Å². The SMILES string of the molecule is CNC1CCN(C(=O)c2cc(-c3ccccc3)n[nH]2)CC1. The molecule has 0 saturated carbocycles. The number of amides is 1. The highest BCUT2D eigenvalue weighted by atomic mass is 16.2. The van der Waals surface area contributed by atoms with Gasteiger partial charge in [-0.1, -0.05) is 30.3 Å². The first-order valence-corrected chi connectivity index (χ1v) is 7.35. The van der Waals surface area contributed by atoms with E-state index in [2.05, 4.69) is 15.5 Å². The van der Waals surface area contributed by atoms with E-state index in [-0.39, 0.29) is 5.91 Å². The lowest BCUT2D eigenvalue weighted by atomic mass is 10.0. The Kier molecular flexibility index (Phi) is 4.01. The first kappa shape index (κ1) is 13.8. The third kappa shape index (κ3) is 2.97. The van der Waals surface area contributed by atoms with E-state index < -0.39 is 0 Å². The van der Waals surface area contributed by atoms with Crippen LogP contribution in [-0.2, 0) is 0 Å². The quantitative estimate of drug-likeness (QED) is 0.905. The van der Waals surface area contributed by atoms with E-state index in [1.54, 1.807) is 0 Å². The van der Waals surface area contributed by atoms with Crippen molar-refractivity contribution in [3.8, 4) is 11.3 Å². The molecule has 1 saturated heterocycles. The van der Waals surface area contributed by atoms with Crippen LogP contribution in [0.1, 0.15) is 23.3 Å². The topological polar surface area (TPSA) is 61.0 Å². The summed E-state index contributed by atoms with van der Waals surface area (Å²) in [6.45, 7) is 1.59. The van der Waals surface area contributed by atoms with Crippen molar-refractivity contribution in [3.63, 3.8) is 0 Å². The van der Waals surface area contributed by atoms with Gasteiger partial charge < -0.3 is 10.2 Å². The van der Waals surface area contributed by atoms with Crippen LogP contribution in [0.25, 0.3) is 11.3 Å². The highest BCUT2D eigenvalue weighted by molar-refractivity contribution is 5.93. The number of likely N-dealkylation sites (tertiary alicyclic amines) is 1. The molecular formula is C16H20N4O. The number of aromatic nitrogens is 2. The molecule has 5 heteroatoms. The molecular weight excluding hydrogens is 264 g/mol. The molecule has 1 fully saturated rings. The van der Waals surface area contributed by atoms with Gasteiger partial charge in [-0.3, -0.25) is 9.89 Å². The van der Waals surface area contributed by atoms with Gasteiger partial charge in [-0.2, -0.15) is 5.10 Å². The summed E-state index contributed by atoms with van der Waals surface area (Å²) in [6.07, 6.45) is 2.00. The number of aromatic amines is 1. The van der Waals surface area contributed by atoms with Crippen LogP contribution in [0.2, 0.25) is 0 Å². The Hall–Kier alpha value is -2.14. The van der Waals surface area contributed by atoms with Gasteiger partial charge in [0.15, 0.2) is 0 Å². The number of rotatable bonds is 3. The van der Waals surface area contributed by atoms with Crippen LogP contribution in [0, 0.1) is 0 Å². The van der Waals surface area contributed by atoms with Crippen molar-refractivity contribution in [1.82, 2.24) is 20.4 Å². The van der Waals surface area contributed by atoms with E-state index in [1.807, 2.05) is 48.3 Å². The van der Waals surface area contributed by atoms with Crippen LogP contribution < -0.4 is 5.32 Å². The minimum absolute atomic E-state index is 0.0410. The van der Waals surface area contributed by atoms with E-state index in [0.29, 0.717) is 11.7 Å². The van der Waals surface area contributed by atoms with Crippen LogP contribution in [0.4, 0.5) is 0 Å². The summed E-state index contributed by atoms with van der Waals surface area (Å²) in [4.78, 5) is 14.4. The van der Waals surface area contributed by atoms with Gasteiger partial charge in [0.25, 0.3) is 5.91 Å². The standard InChI is InChI=1S/C16H20N4O/c1-17-13-7-9-20(10-8-13)16(21)15-11-14(18-19-15)12-5-3-2-4-6-12/h2-6,11,13,17H,7-10H2,1H3,(H,18,19). The normalized spacial score (nSPS) is 16.1. The van der Waals surface area contributed by atoms with Crippen molar-refractivity contribution in [3.05, 3.63) is 42.1 Å². The van der Waals surface area contributed by atoms with Crippen LogP contribution in [-0.4, -0.2) is 47.2 Å². The third-order valence-electron chi connectivity index (χ3n) is 4.07. The van der Waals surface area contributed by atoms with Crippen molar-refractivity contribution in [2.24, 2.45) is 0 Å². The van der Waals surface area contributed by atoms with E-state index in [9.17, 15) is 4.79 Å². The zero-order valence-electron chi connectivity index (χ0n) is 12.2. The number of hydrogen-bond acceptors (Lipinski definition) is 3. The Morgan fingerprint density at radius 2 is 2.00 bits per heavy atom. The maximum atomic E-state index is 12.5. The van der Waals surface area contributed by atoms with Gasteiger partial charge in [0.2, 0.25) is 0 Å². The molecule has 0 atom stereocenters. The average Bonchev–Trinajstić information content (AvgIpc) is 3.05. The number of nitrogens with one attached hydrogen (secondary N) is 2. The fourth-order valence-electron chi connectivity index (χ4n) is 2.73. The number of carbonyl (C=O) groups is 1. The molecule has 0 spiro atoms. The van der Waals surface area contributed by atoms with Crippen molar-refractivity contribution in [1.29, 1.82) is 0 Å². The van der Waals surface area contributed by atoms with Crippen LogP contribution in [0.3, 0.4) is 0 Å². The van der Waals surface area contributed by atoms with Gasteiger partial charge in [-0.25, -0.2) is 0 Å². The zero-order chi connectivity index (χ0) is 14.7. The smallest absolute Gasteiger partial charge is 0.271 e. The maximum Gasteiger partial charge on any atom is 0.271 e. The molecule has 2 aromatic rings. The summed E-state index contributed by atoms with van der Waals surface area (Å²) < 4.78 is 0. The Bertz CT molecular complexity index is 600. The third-order valence-corrected chi connectivity index (χ3v) is 4.07. The Labute approximate surface area is 124 Å². The minimum atomic E-state index is 0.0410. The summed E-state index contributed by atoms with van der Waals surface area (Å²) in [5, 5.41) is 10.4. The Morgan fingerprint density at radius 3 is 2.67 bits per heavy atom. The summed E-state index contributed by atoms with van der Waals surface area (Å²) in [5.74, 6) is 0.0410. The van der Waals surface area contributed by atoms with E-state index in [4.69, 9.17) is 0 Å². The summed E-state index contributed by atoms with van der Waals surface area (Å²) in [6, 6.07) is 12.2. The van der Waals surface area contributed by atoms with Crippen molar-refractivity contribution in [2.45, 2.75) is 18.9 Å². The Balaban J connectivity index is 1.70. The van der Waals surface area contributed by atoms with Gasteiger partial charge in [-0.05, 0) is 26.0 Å². The molecule has 0 unspecified atom stereocenters. The molecule has 0 radical (unpaired) electrons. The number of nitrogens with zero attached hydrogens (tertiary/aromatic N) is 2. The predicted molar refractivity (Wildman–Crippen MR) is 82.0 cm³/mol. The summed E-state index contributed by atoms with van der Waals surface area (Å²) in [5.41, 5.74) is 2.39. The monoisotopic (exact) mass is 284 g/mol. The van der Waals surface area contributed by atoms with Crippen molar-refractivity contribution >= 4 is 5.91 Å². The fraction of sp³-hybridized carbons (Fsp3) is 0.375. The molecule has 1 aromatic carbocycles. The first-order chi connectivity index (χ1) is 10.3. The maximum absolute atomic E-state index is 12.5. The molecule has 2 heterocycles. The van der Waals surface area contributed by atoms with Gasteiger partial charge in [0.05, 0.1) is 5.69 Å². The molecule has 1 amide bonds. The Morgan fingerprint density at radius 1 is 1.29 bits per heavy atom. The summed E-state index contributed by atoms with van der Waals surface area (Å²) >= 11 is 0. The first-order valence-electron chi connectivity index (χ1n) is 7.35. The molecule has 110 valence electrons. The summed E-state index contributed by atoms with van der Waals surface area (Å²) in [7, 11) is 1.98. The molecule has 1 aliphatic heterocycles. The average molecular weight is 284 g/mol. The lowest BCUT2D eigenvalue weighted by Crippen LogP contribution is -2.44. The largest absolute Gasteiger partial charge is 0.337 e. The lowest BCUT2D eigenvalue weighted by molar-refractivity contribution is 0.0701. The molecule has 1 aliphatic rings. The molecule has 5 nitrogen and oxygen atoms in total. The molecule has 1 aromatic heterocycles. The van der Waals surface area contributed by atoms with E-state index in [1.165, 1.54) is 0 Å². The van der Waals surface area contributed by atoms with E-state index in [0.717, 1.165) is 37.2 Å². The second-order valence-corrected chi connectivity index (χ2v) is 5.39. The second kappa shape index (κ2) is 6.10.